The summed E-state index contributed by atoms with van der Waals surface area (Å²) in [6.07, 6.45) is 1.23. The van der Waals surface area contributed by atoms with Crippen LogP contribution in [-0.2, 0) is 6.54 Å². The second-order valence-electron chi connectivity index (χ2n) is 4.35. The van der Waals surface area contributed by atoms with E-state index in [0.29, 0.717) is 6.04 Å². The Balaban J connectivity index is 2.30. The van der Waals surface area contributed by atoms with Crippen molar-refractivity contribution in [2.75, 3.05) is 19.6 Å². The van der Waals surface area contributed by atoms with Crippen LogP contribution in [-0.4, -0.2) is 30.6 Å². The van der Waals surface area contributed by atoms with E-state index in [9.17, 15) is 0 Å². The average Bonchev–Trinajstić information content (AvgIpc) is 2.75. The van der Waals surface area contributed by atoms with E-state index in [1.807, 2.05) is 11.3 Å². The van der Waals surface area contributed by atoms with Crippen molar-refractivity contribution in [3.05, 3.63) is 22.4 Å². The maximum Gasteiger partial charge on any atom is 0.0330 e. The van der Waals surface area contributed by atoms with Gasteiger partial charge < -0.3 is 5.32 Å². The molecule has 2 nitrogen and oxygen atoms in total. The Hall–Kier alpha value is -0.380. The van der Waals surface area contributed by atoms with Crippen molar-refractivity contribution in [3.8, 4) is 0 Å². The SMILES string of the molecule is CCNCCCN(Cc1cccs1)C(C)C. The summed E-state index contributed by atoms with van der Waals surface area (Å²) in [6, 6.07) is 4.99. The van der Waals surface area contributed by atoms with Gasteiger partial charge in [-0.05, 0) is 51.3 Å². The molecule has 0 aromatic carbocycles. The molecule has 0 aliphatic rings. The van der Waals surface area contributed by atoms with Crippen LogP contribution in [0, 0.1) is 0 Å². The normalized spacial score (nSPS) is 11.6. The van der Waals surface area contributed by atoms with E-state index in [1.165, 1.54) is 17.8 Å². The molecular formula is C13H24N2S. The molecule has 92 valence electrons. The van der Waals surface area contributed by atoms with E-state index in [2.05, 4.69) is 48.5 Å². The number of nitrogens with zero attached hydrogens (tertiary/aromatic N) is 1. The predicted molar refractivity (Wildman–Crippen MR) is 73.0 cm³/mol. The van der Waals surface area contributed by atoms with Crippen molar-refractivity contribution < 1.29 is 0 Å². The number of nitrogens with one attached hydrogen (secondary N) is 1. The molecule has 0 spiro atoms. The van der Waals surface area contributed by atoms with Crippen LogP contribution in [0.2, 0.25) is 0 Å². The minimum Gasteiger partial charge on any atom is -0.317 e. The van der Waals surface area contributed by atoms with Gasteiger partial charge in [0.1, 0.15) is 0 Å². The van der Waals surface area contributed by atoms with Gasteiger partial charge in [0.05, 0.1) is 0 Å². The van der Waals surface area contributed by atoms with Gasteiger partial charge in [-0.25, -0.2) is 0 Å². The smallest absolute Gasteiger partial charge is 0.0330 e. The summed E-state index contributed by atoms with van der Waals surface area (Å²) >= 11 is 1.86. The zero-order chi connectivity index (χ0) is 11.8. The Labute approximate surface area is 104 Å². The average molecular weight is 240 g/mol. The maximum atomic E-state index is 3.38. The van der Waals surface area contributed by atoms with E-state index < -0.39 is 0 Å². The maximum absolute atomic E-state index is 3.38. The summed E-state index contributed by atoms with van der Waals surface area (Å²) in [5, 5.41) is 5.54. The lowest BCUT2D eigenvalue weighted by Gasteiger charge is -2.25. The monoisotopic (exact) mass is 240 g/mol. The molecule has 16 heavy (non-hydrogen) atoms. The number of thiophene rings is 1. The molecule has 0 saturated carbocycles. The summed E-state index contributed by atoms with van der Waals surface area (Å²) in [4.78, 5) is 4.01. The molecular weight excluding hydrogens is 216 g/mol. The van der Waals surface area contributed by atoms with Gasteiger partial charge in [-0.1, -0.05) is 13.0 Å². The highest BCUT2D eigenvalue weighted by atomic mass is 32.1. The van der Waals surface area contributed by atoms with Crippen LogP contribution in [0.5, 0.6) is 0 Å². The van der Waals surface area contributed by atoms with E-state index in [-0.39, 0.29) is 0 Å². The van der Waals surface area contributed by atoms with Crippen LogP contribution < -0.4 is 5.32 Å². The van der Waals surface area contributed by atoms with Gasteiger partial charge in [-0.15, -0.1) is 11.3 Å². The summed E-state index contributed by atoms with van der Waals surface area (Å²) in [7, 11) is 0. The molecule has 1 N–H and O–H groups in total. The van der Waals surface area contributed by atoms with Gasteiger partial charge >= 0.3 is 0 Å². The lowest BCUT2D eigenvalue weighted by molar-refractivity contribution is 0.211. The van der Waals surface area contributed by atoms with Crippen molar-refractivity contribution in [2.24, 2.45) is 0 Å². The molecule has 0 bridgehead atoms. The third kappa shape index (κ3) is 5.10. The Bertz CT molecular complexity index is 257. The third-order valence-corrected chi connectivity index (χ3v) is 3.58. The zero-order valence-electron chi connectivity index (χ0n) is 10.7. The minimum atomic E-state index is 0.628. The Morgan fingerprint density at radius 3 is 2.81 bits per heavy atom. The zero-order valence-corrected chi connectivity index (χ0v) is 11.5. The Kier molecular flexibility index (Phi) is 6.69. The molecule has 1 aromatic rings. The van der Waals surface area contributed by atoms with Gasteiger partial charge in [-0.2, -0.15) is 0 Å². The minimum absolute atomic E-state index is 0.628. The van der Waals surface area contributed by atoms with Crippen molar-refractivity contribution in [1.82, 2.24) is 10.2 Å². The van der Waals surface area contributed by atoms with Crippen LogP contribution in [0.3, 0.4) is 0 Å². The number of hydrogen-bond donors (Lipinski definition) is 1. The van der Waals surface area contributed by atoms with Gasteiger partial charge in [-0.3, -0.25) is 4.90 Å². The van der Waals surface area contributed by atoms with Crippen molar-refractivity contribution >= 4 is 11.3 Å². The van der Waals surface area contributed by atoms with E-state index in [0.717, 1.165) is 19.6 Å². The summed E-state index contributed by atoms with van der Waals surface area (Å²) in [5.41, 5.74) is 0. The first-order valence-electron chi connectivity index (χ1n) is 6.21. The van der Waals surface area contributed by atoms with Crippen molar-refractivity contribution in [3.63, 3.8) is 0 Å². The molecule has 0 aliphatic carbocycles. The summed E-state index contributed by atoms with van der Waals surface area (Å²) in [6.45, 7) is 11.2. The molecule has 0 aliphatic heterocycles. The van der Waals surface area contributed by atoms with Crippen LogP contribution >= 0.6 is 11.3 Å². The highest BCUT2D eigenvalue weighted by Crippen LogP contribution is 2.13. The molecule has 1 aromatic heterocycles. The van der Waals surface area contributed by atoms with Crippen molar-refractivity contribution in [1.29, 1.82) is 0 Å². The summed E-state index contributed by atoms with van der Waals surface area (Å²) in [5.74, 6) is 0. The quantitative estimate of drug-likeness (QED) is 0.703. The molecule has 0 radical (unpaired) electrons. The topological polar surface area (TPSA) is 15.3 Å². The standard InChI is InChI=1S/C13H24N2S/c1-4-14-8-6-9-15(12(2)3)11-13-7-5-10-16-13/h5,7,10,12,14H,4,6,8-9,11H2,1-3H3. The van der Waals surface area contributed by atoms with E-state index in [1.54, 1.807) is 0 Å². The lowest BCUT2D eigenvalue weighted by Crippen LogP contribution is -2.32. The van der Waals surface area contributed by atoms with Gasteiger partial charge in [0.25, 0.3) is 0 Å². The number of rotatable bonds is 8. The van der Waals surface area contributed by atoms with Gasteiger partial charge in [0.2, 0.25) is 0 Å². The highest BCUT2D eigenvalue weighted by molar-refractivity contribution is 7.09. The first-order chi connectivity index (χ1) is 7.74. The molecule has 3 heteroatoms. The fourth-order valence-electron chi connectivity index (χ4n) is 1.71. The van der Waals surface area contributed by atoms with E-state index >= 15 is 0 Å². The third-order valence-electron chi connectivity index (χ3n) is 2.72. The van der Waals surface area contributed by atoms with Crippen LogP contribution in [0.15, 0.2) is 17.5 Å². The second kappa shape index (κ2) is 7.82. The van der Waals surface area contributed by atoms with Crippen LogP contribution in [0.25, 0.3) is 0 Å². The molecule has 1 rings (SSSR count). The molecule has 0 unspecified atom stereocenters. The van der Waals surface area contributed by atoms with Crippen molar-refractivity contribution in [2.45, 2.75) is 39.8 Å². The number of hydrogen-bond acceptors (Lipinski definition) is 3. The fourth-order valence-corrected chi connectivity index (χ4v) is 2.44. The largest absolute Gasteiger partial charge is 0.317 e. The van der Waals surface area contributed by atoms with Crippen LogP contribution in [0.4, 0.5) is 0 Å². The van der Waals surface area contributed by atoms with E-state index in [4.69, 9.17) is 0 Å². The van der Waals surface area contributed by atoms with Gasteiger partial charge in [0.15, 0.2) is 0 Å². The highest BCUT2D eigenvalue weighted by Gasteiger charge is 2.09. The van der Waals surface area contributed by atoms with Crippen LogP contribution in [0.1, 0.15) is 32.1 Å². The first kappa shape index (κ1) is 13.7. The molecule has 0 atom stereocenters. The first-order valence-corrected chi connectivity index (χ1v) is 7.09. The molecule has 0 amide bonds. The fraction of sp³-hybridized carbons (Fsp3) is 0.692. The predicted octanol–water partition coefficient (Wildman–Crippen LogP) is 2.96. The van der Waals surface area contributed by atoms with Gasteiger partial charge in [0, 0.05) is 17.5 Å². The summed E-state index contributed by atoms with van der Waals surface area (Å²) < 4.78 is 0. The molecule has 0 saturated heterocycles. The Morgan fingerprint density at radius 1 is 1.44 bits per heavy atom. The molecule has 0 fully saturated rings. The Morgan fingerprint density at radius 2 is 2.25 bits per heavy atom. The second-order valence-corrected chi connectivity index (χ2v) is 5.38. The molecule has 1 heterocycles. The lowest BCUT2D eigenvalue weighted by atomic mass is 10.2.